The van der Waals surface area contributed by atoms with Gasteiger partial charge in [-0.15, -0.1) is 0 Å². The summed E-state index contributed by atoms with van der Waals surface area (Å²) in [5, 5.41) is 0.598. The smallest absolute Gasteiger partial charge is 0.240 e. The largest absolute Gasteiger partial charge is 0.316 e. The zero-order valence-corrected chi connectivity index (χ0v) is 15.6. The Morgan fingerprint density at radius 2 is 1.48 bits per heavy atom. The fourth-order valence-electron chi connectivity index (χ4n) is 4.54. The third-order valence-electron chi connectivity index (χ3n) is 5.77. The Morgan fingerprint density at radius 1 is 0.889 bits per heavy atom. The summed E-state index contributed by atoms with van der Waals surface area (Å²) in [4.78, 5) is 27.6. The minimum atomic E-state index is -3.29. The van der Waals surface area contributed by atoms with E-state index in [0.29, 0.717) is 11.0 Å². The van der Waals surface area contributed by atoms with Crippen molar-refractivity contribution in [1.29, 1.82) is 0 Å². The molecular weight excluding hydrogens is 361 g/mol. The molecule has 4 aliphatic rings. The molecule has 6 heteroatoms. The van der Waals surface area contributed by atoms with E-state index in [1.54, 1.807) is 36.4 Å². The predicted octanol–water partition coefficient (Wildman–Crippen LogP) is 3.12. The first-order valence-corrected chi connectivity index (χ1v) is 10.7. The number of fused-ring (bicyclic) bond motifs is 1. The van der Waals surface area contributed by atoms with Gasteiger partial charge in [-0.25, -0.2) is 4.90 Å². The lowest BCUT2D eigenvalue weighted by Crippen LogP contribution is -2.49. The van der Waals surface area contributed by atoms with Crippen molar-refractivity contribution in [3.8, 4) is 0 Å². The van der Waals surface area contributed by atoms with Crippen LogP contribution in [0.4, 0.5) is 5.69 Å². The second kappa shape index (κ2) is 5.75. The molecule has 2 saturated heterocycles. The van der Waals surface area contributed by atoms with Gasteiger partial charge < -0.3 is 4.52 Å². The number of amides is 2. The number of anilines is 1. The van der Waals surface area contributed by atoms with E-state index in [1.807, 2.05) is 37.3 Å². The zero-order chi connectivity index (χ0) is 18.8. The molecule has 0 spiro atoms. The molecule has 3 aliphatic heterocycles. The van der Waals surface area contributed by atoms with Crippen LogP contribution >= 0.6 is 7.37 Å². The number of carbonyl (C=O) groups excluding carboxylic acids is 2. The molecule has 1 aliphatic carbocycles. The van der Waals surface area contributed by atoms with E-state index < -0.39 is 31.0 Å². The van der Waals surface area contributed by atoms with Gasteiger partial charge in [-0.1, -0.05) is 42.5 Å². The van der Waals surface area contributed by atoms with Crippen molar-refractivity contribution < 1.29 is 18.7 Å². The first-order valence-electron chi connectivity index (χ1n) is 8.97. The van der Waals surface area contributed by atoms with Crippen molar-refractivity contribution in [3.05, 3.63) is 72.3 Å². The van der Waals surface area contributed by atoms with Gasteiger partial charge in [0.1, 0.15) is 0 Å². The van der Waals surface area contributed by atoms with E-state index in [2.05, 4.69) is 0 Å². The molecule has 27 heavy (non-hydrogen) atoms. The molecular formula is C21H18NO4P. The van der Waals surface area contributed by atoms with E-state index in [-0.39, 0.29) is 11.8 Å². The molecule has 1 unspecified atom stereocenters. The summed E-state index contributed by atoms with van der Waals surface area (Å²) < 4.78 is 19.9. The second-order valence-corrected chi connectivity index (χ2v) is 9.78. The minimum Gasteiger partial charge on any atom is -0.316 e. The van der Waals surface area contributed by atoms with E-state index >= 15 is 0 Å². The number of nitrogens with zero attached hydrogens (tertiary/aromatic N) is 1. The van der Waals surface area contributed by atoms with Gasteiger partial charge in [0.15, 0.2) is 0 Å². The molecule has 2 fully saturated rings. The van der Waals surface area contributed by atoms with Crippen LogP contribution in [0.3, 0.4) is 0 Å². The minimum absolute atomic E-state index is 0.266. The van der Waals surface area contributed by atoms with Crippen LogP contribution in [0.15, 0.2) is 72.3 Å². The van der Waals surface area contributed by atoms with Gasteiger partial charge in [0.25, 0.3) is 0 Å². The Balaban J connectivity index is 1.63. The van der Waals surface area contributed by atoms with Crippen molar-refractivity contribution in [3.63, 3.8) is 0 Å². The van der Waals surface area contributed by atoms with Crippen LogP contribution in [0.2, 0.25) is 0 Å². The summed E-state index contributed by atoms with van der Waals surface area (Å²) in [5.74, 6) is -1.81. The Labute approximate surface area is 157 Å². The highest BCUT2D eigenvalue weighted by Crippen LogP contribution is 2.66. The summed E-state index contributed by atoms with van der Waals surface area (Å²) in [6, 6.07) is 17.9. The molecule has 5 atom stereocenters. The molecule has 2 aromatic carbocycles. The van der Waals surface area contributed by atoms with Crippen molar-refractivity contribution in [2.45, 2.75) is 18.7 Å². The standard InChI is InChI=1S/C21H18NO4P/c1-13-12-16-17-18(19(13)26-27(16,25)15-10-6-3-7-11-15)21(24)22(20(17)23)14-8-4-2-5-9-14/h2-12,16-19H,1H3/t16-,17+,18+,19+,27?/m0/s1. The maximum absolute atomic E-state index is 13.9. The normalized spacial score (nSPS) is 34.6. The molecule has 0 aromatic heterocycles. The van der Waals surface area contributed by atoms with Crippen LogP contribution in [-0.4, -0.2) is 23.6 Å². The Kier molecular flexibility index (Phi) is 3.55. The van der Waals surface area contributed by atoms with Crippen LogP contribution in [0, 0.1) is 11.8 Å². The SMILES string of the molecule is CC1=C[C@H]2[C@H]3C(=O)N(c4ccccc4)C(=O)[C@H]3[C@@H]1OP2(=O)c1ccccc1. The molecule has 0 N–H and O–H groups in total. The third-order valence-corrected chi connectivity index (χ3v) is 8.58. The van der Waals surface area contributed by atoms with Gasteiger partial charge in [0, 0.05) is 5.30 Å². The van der Waals surface area contributed by atoms with Crippen molar-refractivity contribution in [2.75, 3.05) is 4.90 Å². The van der Waals surface area contributed by atoms with Crippen LogP contribution in [0.25, 0.3) is 0 Å². The van der Waals surface area contributed by atoms with Crippen LogP contribution in [0.5, 0.6) is 0 Å². The number of hydrogen-bond acceptors (Lipinski definition) is 4. The van der Waals surface area contributed by atoms with Crippen molar-refractivity contribution >= 4 is 30.2 Å². The van der Waals surface area contributed by atoms with Crippen LogP contribution < -0.4 is 10.2 Å². The highest BCUT2D eigenvalue weighted by molar-refractivity contribution is 7.68. The molecule has 2 bridgehead atoms. The number of rotatable bonds is 2. The van der Waals surface area contributed by atoms with Crippen molar-refractivity contribution in [2.24, 2.45) is 11.8 Å². The van der Waals surface area contributed by atoms with Gasteiger partial charge in [0.05, 0.1) is 29.3 Å². The maximum Gasteiger partial charge on any atom is 0.240 e. The topological polar surface area (TPSA) is 63.7 Å². The highest BCUT2D eigenvalue weighted by Gasteiger charge is 2.65. The summed E-state index contributed by atoms with van der Waals surface area (Å²) in [6.45, 7) is 1.88. The second-order valence-electron chi connectivity index (χ2n) is 7.26. The molecule has 5 nitrogen and oxygen atoms in total. The monoisotopic (exact) mass is 379 g/mol. The van der Waals surface area contributed by atoms with E-state index in [0.717, 1.165) is 5.57 Å². The van der Waals surface area contributed by atoms with E-state index in [9.17, 15) is 14.2 Å². The summed E-state index contributed by atoms with van der Waals surface area (Å²) >= 11 is 0. The molecule has 136 valence electrons. The van der Waals surface area contributed by atoms with Crippen LogP contribution in [-0.2, 0) is 18.7 Å². The Hall–Kier alpha value is -2.49. The summed E-state index contributed by atoms with van der Waals surface area (Å²) in [7, 11) is -3.29. The van der Waals surface area contributed by atoms with Crippen LogP contribution in [0.1, 0.15) is 6.92 Å². The van der Waals surface area contributed by atoms with Gasteiger partial charge in [-0.05, 0) is 36.8 Å². The first-order chi connectivity index (χ1) is 13.0. The van der Waals surface area contributed by atoms with Crippen molar-refractivity contribution in [1.82, 2.24) is 0 Å². The van der Waals surface area contributed by atoms with E-state index in [4.69, 9.17) is 4.52 Å². The van der Waals surface area contributed by atoms with E-state index in [1.165, 1.54) is 4.90 Å². The number of benzene rings is 2. The average molecular weight is 379 g/mol. The number of allylic oxidation sites excluding steroid dienone is 1. The van der Waals surface area contributed by atoms with Gasteiger partial charge in [0.2, 0.25) is 19.2 Å². The Morgan fingerprint density at radius 3 is 2.15 bits per heavy atom. The number of para-hydroxylation sites is 1. The fourth-order valence-corrected chi connectivity index (χ4v) is 7.54. The zero-order valence-electron chi connectivity index (χ0n) is 14.7. The molecule has 2 amide bonds. The molecule has 2 aromatic rings. The molecule has 3 heterocycles. The number of imide groups is 1. The lowest BCUT2D eigenvalue weighted by atomic mass is 9.79. The highest BCUT2D eigenvalue weighted by atomic mass is 31.2. The Bertz CT molecular complexity index is 1020. The predicted molar refractivity (Wildman–Crippen MR) is 102 cm³/mol. The van der Waals surface area contributed by atoms with Gasteiger partial charge in [-0.2, -0.15) is 0 Å². The lowest BCUT2D eigenvalue weighted by Gasteiger charge is -2.45. The average Bonchev–Trinajstić information content (AvgIpc) is 2.96. The van der Waals surface area contributed by atoms with Gasteiger partial charge >= 0.3 is 0 Å². The number of hydrogen-bond donors (Lipinski definition) is 0. The lowest BCUT2D eigenvalue weighted by molar-refractivity contribution is -0.124. The quantitative estimate of drug-likeness (QED) is 0.457. The maximum atomic E-state index is 13.9. The first kappa shape index (κ1) is 16.7. The molecule has 6 rings (SSSR count). The summed E-state index contributed by atoms with van der Waals surface area (Å²) in [6.07, 6.45) is 1.26. The summed E-state index contributed by atoms with van der Waals surface area (Å²) in [5.41, 5.74) is 0.813. The number of carbonyl (C=O) groups is 2. The molecule has 0 saturated carbocycles. The van der Waals surface area contributed by atoms with Gasteiger partial charge in [-0.3, -0.25) is 14.2 Å². The third kappa shape index (κ3) is 2.19. The fraction of sp³-hybridized carbons (Fsp3) is 0.238. The molecule has 0 radical (unpaired) electrons.